The molecule has 0 bridgehead atoms. The van der Waals surface area contributed by atoms with Gasteiger partial charge in [-0.3, -0.25) is 9.69 Å². The largest absolute Gasteiger partial charge is 0.350 e. The van der Waals surface area contributed by atoms with E-state index in [-0.39, 0.29) is 11.9 Å². The van der Waals surface area contributed by atoms with Gasteiger partial charge in [-0.2, -0.15) is 0 Å². The number of rotatable bonds is 5. The fourth-order valence-corrected chi connectivity index (χ4v) is 4.34. The van der Waals surface area contributed by atoms with Crippen LogP contribution in [0.15, 0.2) is 35.7 Å². The molecular formula is C18H21Cl2N3OS. The Morgan fingerprint density at radius 1 is 1.24 bits per heavy atom. The third-order valence-corrected chi connectivity index (χ3v) is 6.00. The summed E-state index contributed by atoms with van der Waals surface area (Å²) in [6.45, 7) is 4.63. The van der Waals surface area contributed by atoms with Crippen LogP contribution in [0.25, 0.3) is 0 Å². The lowest BCUT2D eigenvalue weighted by molar-refractivity contribution is 0.0890. The highest BCUT2D eigenvalue weighted by Crippen LogP contribution is 2.26. The van der Waals surface area contributed by atoms with E-state index in [1.54, 1.807) is 29.5 Å². The Balaban J connectivity index is 1.69. The van der Waals surface area contributed by atoms with Crippen molar-refractivity contribution in [3.8, 4) is 0 Å². The Morgan fingerprint density at radius 3 is 2.64 bits per heavy atom. The number of nitrogens with one attached hydrogen (secondary N) is 1. The molecule has 1 fully saturated rings. The second-order valence-corrected chi connectivity index (χ2v) is 8.03. The number of carbonyl (C=O) groups is 1. The molecule has 2 heterocycles. The molecule has 0 spiro atoms. The van der Waals surface area contributed by atoms with E-state index in [0.717, 1.165) is 26.2 Å². The number of hydrogen-bond donors (Lipinski definition) is 1. The molecule has 7 heteroatoms. The van der Waals surface area contributed by atoms with E-state index in [1.807, 2.05) is 0 Å². The molecule has 1 aromatic carbocycles. The van der Waals surface area contributed by atoms with Crippen LogP contribution < -0.4 is 5.32 Å². The van der Waals surface area contributed by atoms with Crippen LogP contribution in [-0.2, 0) is 0 Å². The van der Waals surface area contributed by atoms with Gasteiger partial charge in [0.15, 0.2) is 0 Å². The molecule has 1 unspecified atom stereocenters. The van der Waals surface area contributed by atoms with Gasteiger partial charge in [0, 0.05) is 42.6 Å². The van der Waals surface area contributed by atoms with Gasteiger partial charge in [-0.15, -0.1) is 11.3 Å². The van der Waals surface area contributed by atoms with Gasteiger partial charge in [-0.05, 0) is 36.7 Å². The molecule has 1 N–H and O–H groups in total. The summed E-state index contributed by atoms with van der Waals surface area (Å²) >= 11 is 13.8. The van der Waals surface area contributed by atoms with Crippen molar-refractivity contribution in [1.29, 1.82) is 0 Å². The standard InChI is InChI=1S/C18H21Cl2N3OS/c1-22-6-8-23(9-7-22)16(17-3-2-10-25-17)12-21-18(24)14-5-4-13(19)11-15(14)20/h2-5,10-11,16H,6-9,12H2,1H3,(H,21,24). The van der Waals surface area contributed by atoms with Crippen LogP contribution in [0.2, 0.25) is 10.0 Å². The number of benzene rings is 1. The average Bonchev–Trinajstić information content (AvgIpc) is 3.10. The minimum Gasteiger partial charge on any atom is -0.350 e. The Hall–Kier alpha value is -1.11. The van der Waals surface area contributed by atoms with Gasteiger partial charge < -0.3 is 10.2 Å². The number of carbonyl (C=O) groups excluding carboxylic acids is 1. The topological polar surface area (TPSA) is 35.6 Å². The quantitative estimate of drug-likeness (QED) is 0.833. The van der Waals surface area contributed by atoms with Crippen molar-refractivity contribution in [2.45, 2.75) is 6.04 Å². The molecule has 0 radical (unpaired) electrons. The molecule has 1 aliphatic rings. The Bertz CT molecular complexity index is 715. The highest BCUT2D eigenvalue weighted by molar-refractivity contribution is 7.10. The molecule has 1 aromatic heterocycles. The third-order valence-electron chi connectivity index (χ3n) is 4.48. The third kappa shape index (κ3) is 4.74. The first-order valence-electron chi connectivity index (χ1n) is 8.24. The summed E-state index contributed by atoms with van der Waals surface area (Å²) in [5, 5.41) is 6.02. The summed E-state index contributed by atoms with van der Waals surface area (Å²) in [4.78, 5) is 18.6. The van der Waals surface area contributed by atoms with Crippen LogP contribution in [-0.4, -0.2) is 55.5 Å². The number of likely N-dealkylation sites (N-methyl/N-ethyl adjacent to an activating group) is 1. The normalized spacial score (nSPS) is 17.4. The van der Waals surface area contributed by atoms with Crippen molar-refractivity contribution < 1.29 is 4.79 Å². The number of halogens is 2. The number of nitrogens with zero attached hydrogens (tertiary/aromatic N) is 2. The second kappa shape index (κ2) is 8.52. The fourth-order valence-electron chi connectivity index (χ4n) is 2.98. The van der Waals surface area contributed by atoms with Gasteiger partial charge in [-0.25, -0.2) is 0 Å². The van der Waals surface area contributed by atoms with Crippen molar-refractivity contribution >= 4 is 40.4 Å². The van der Waals surface area contributed by atoms with Crippen molar-refractivity contribution in [1.82, 2.24) is 15.1 Å². The van der Waals surface area contributed by atoms with Gasteiger partial charge in [0.1, 0.15) is 0 Å². The molecule has 4 nitrogen and oxygen atoms in total. The average molecular weight is 398 g/mol. The molecule has 3 rings (SSSR count). The summed E-state index contributed by atoms with van der Waals surface area (Å²) in [5.74, 6) is -0.169. The van der Waals surface area contributed by atoms with Crippen LogP contribution in [0.5, 0.6) is 0 Å². The van der Waals surface area contributed by atoms with Crippen molar-refractivity contribution in [2.75, 3.05) is 39.8 Å². The lowest BCUT2D eigenvalue weighted by Crippen LogP contribution is -2.48. The number of thiophene rings is 1. The number of hydrogen-bond acceptors (Lipinski definition) is 4. The van der Waals surface area contributed by atoms with Crippen LogP contribution in [0.4, 0.5) is 0 Å². The summed E-state index contributed by atoms with van der Waals surface area (Å²) in [7, 11) is 2.14. The monoisotopic (exact) mass is 397 g/mol. The summed E-state index contributed by atoms with van der Waals surface area (Å²) < 4.78 is 0. The number of piperazine rings is 1. The molecule has 0 saturated carbocycles. The van der Waals surface area contributed by atoms with E-state index >= 15 is 0 Å². The first-order valence-corrected chi connectivity index (χ1v) is 9.87. The Labute approximate surface area is 162 Å². The number of amides is 1. The first-order chi connectivity index (χ1) is 12.0. The van der Waals surface area contributed by atoms with Crippen LogP contribution >= 0.6 is 34.5 Å². The molecule has 1 atom stereocenters. The lowest BCUT2D eigenvalue weighted by Gasteiger charge is -2.37. The molecule has 1 amide bonds. The molecule has 0 aliphatic carbocycles. The van der Waals surface area contributed by atoms with E-state index in [9.17, 15) is 4.79 Å². The zero-order valence-corrected chi connectivity index (χ0v) is 16.4. The highest BCUT2D eigenvalue weighted by Gasteiger charge is 2.25. The Kier molecular flexibility index (Phi) is 6.36. The van der Waals surface area contributed by atoms with Crippen LogP contribution in [0, 0.1) is 0 Å². The summed E-state index contributed by atoms with van der Waals surface area (Å²) in [6, 6.07) is 9.31. The van der Waals surface area contributed by atoms with Crippen molar-refractivity contribution in [3.63, 3.8) is 0 Å². The van der Waals surface area contributed by atoms with E-state index < -0.39 is 0 Å². The van der Waals surface area contributed by atoms with E-state index in [0.29, 0.717) is 22.2 Å². The maximum atomic E-state index is 12.5. The molecule has 1 saturated heterocycles. The van der Waals surface area contributed by atoms with E-state index in [2.05, 4.69) is 39.7 Å². The van der Waals surface area contributed by atoms with Crippen molar-refractivity contribution in [3.05, 3.63) is 56.2 Å². The molecule has 25 heavy (non-hydrogen) atoms. The lowest BCUT2D eigenvalue weighted by atomic mass is 10.1. The predicted molar refractivity (Wildman–Crippen MR) is 105 cm³/mol. The zero-order chi connectivity index (χ0) is 17.8. The Morgan fingerprint density at radius 2 is 2.00 bits per heavy atom. The van der Waals surface area contributed by atoms with Gasteiger partial charge in [0.25, 0.3) is 5.91 Å². The first kappa shape index (κ1) is 18.7. The smallest absolute Gasteiger partial charge is 0.252 e. The molecule has 134 valence electrons. The summed E-state index contributed by atoms with van der Waals surface area (Å²) in [6.07, 6.45) is 0. The summed E-state index contributed by atoms with van der Waals surface area (Å²) in [5.41, 5.74) is 0.453. The zero-order valence-electron chi connectivity index (χ0n) is 14.0. The molecule has 1 aliphatic heterocycles. The van der Waals surface area contributed by atoms with Gasteiger partial charge >= 0.3 is 0 Å². The van der Waals surface area contributed by atoms with Crippen molar-refractivity contribution in [2.24, 2.45) is 0 Å². The SMILES string of the molecule is CN1CCN(C(CNC(=O)c2ccc(Cl)cc2Cl)c2cccs2)CC1. The van der Waals surface area contributed by atoms with Gasteiger partial charge in [0.05, 0.1) is 16.6 Å². The maximum absolute atomic E-state index is 12.5. The maximum Gasteiger partial charge on any atom is 0.252 e. The fraction of sp³-hybridized carbons (Fsp3) is 0.389. The van der Waals surface area contributed by atoms with Crippen LogP contribution in [0.3, 0.4) is 0 Å². The van der Waals surface area contributed by atoms with E-state index in [1.165, 1.54) is 4.88 Å². The van der Waals surface area contributed by atoms with Crippen LogP contribution in [0.1, 0.15) is 21.3 Å². The van der Waals surface area contributed by atoms with Gasteiger partial charge in [-0.1, -0.05) is 29.3 Å². The molecular weight excluding hydrogens is 377 g/mol. The minimum absolute atomic E-state index is 0.169. The minimum atomic E-state index is -0.169. The predicted octanol–water partition coefficient (Wildman–Crippen LogP) is 3.77. The molecule has 2 aromatic rings. The van der Waals surface area contributed by atoms with Gasteiger partial charge in [0.2, 0.25) is 0 Å². The van der Waals surface area contributed by atoms with E-state index in [4.69, 9.17) is 23.2 Å². The second-order valence-electron chi connectivity index (χ2n) is 6.20. The highest BCUT2D eigenvalue weighted by atomic mass is 35.5.